The van der Waals surface area contributed by atoms with E-state index in [1.165, 1.54) is 16.8 Å². The molecule has 1 N–H and O–H groups in total. The Morgan fingerprint density at radius 3 is 2.70 bits per heavy atom. The van der Waals surface area contributed by atoms with Crippen molar-refractivity contribution in [2.45, 2.75) is 20.8 Å². The summed E-state index contributed by atoms with van der Waals surface area (Å²) in [6.07, 6.45) is 0. The van der Waals surface area contributed by atoms with Gasteiger partial charge in [0.15, 0.2) is 5.76 Å². The normalized spacial score (nSPS) is 11.0. The highest BCUT2D eigenvalue weighted by Crippen LogP contribution is 2.25. The van der Waals surface area contributed by atoms with Crippen LogP contribution < -0.4 is 5.32 Å². The minimum Gasteiger partial charge on any atom is -0.460 e. The van der Waals surface area contributed by atoms with E-state index in [-0.39, 0.29) is 23.2 Å². The number of furan rings is 1. The van der Waals surface area contributed by atoms with Gasteiger partial charge in [0.25, 0.3) is 11.6 Å². The smallest absolute Gasteiger partial charge is 0.271 e. The molecule has 1 aromatic carbocycles. The monoisotopic (exact) mass is 368 g/mol. The summed E-state index contributed by atoms with van der Waals surface area (Å²) in [5.74, 6) is 1.22. The van der Waals surface area contributed by atoms with E-state index in [1.807, 2.05) is 20.8 Å². The molecule has 140 valence electrons. The Kier molecular flexibility index (Phi) is 5.07. The quantitative estimate of drug-likeness (QED) is 0.527. The number of aromatic nitrogens is 2. The molecule has 0 atom stereocenters. The molecule has 0 fully saturated rings. The fraction of sp³-hybridized carbons (Fsp3) is 0.263. The summed E-state index contributed by atoms with van der Waals surface area (Å²) >= 11 is 0. The van der Waals surface area contributed by atoms with Crippen LogP contribution in [-0.2, 0) is 0 Å². The molecule has 0 aliphatic carbocycles. The predicted molar refractivity (Wildman–Crippen MR) is 99.8 cm³/mol. The number of benzene rings is 1. The van der Waals surface area contributed by atoms with Crippen LogP contribution in [0.1, 0.15) is 30.1 Å². The van der Waals surface area contributed by atoms with E-state index >= 15 is 0 Å². The topological polar surface area (TPSA) is 103 Å². The van der Waals surface area contributed by atoms with Gasteiger partial charge in [-0.15, -0.1) is 0 Å². The minimum absolute atomic E-state index is 0.0769. The summed E-state index contributed by atoms with van der Waals surface area (Å²) in [6.45, 7) is 6.32. The van der Waals surface area contributed by atoms with Crippen LogP contribution in [0.2, 0.25) is 0 Å². The predicted octanol–water partition coefficient (Wildman–Crippen LogP) is 3.73. The molecule has 3 aromatic rings. The Morgan fingerprint density at radius 1 is 1.30 bits per heavy atom. The van der Waals surface area contributed by atoms with Gasteiger partial charge in [-0.3, -0.25) is 14.9 Å². The van der Waals surface area contributed by atoms with Crippen molar-refractivity contribution < 1.29 is 14.1 Å². The molecule has 3 rings (SSSR count). The van der Waals surface area contributed by atoms with Crippen LogP contribution in [0.5, 0.6) is 0 Å². The lowest BCUT2D eigenvalue weighted by Gasteiger charge is -2.09. The van der Waals surface area contributed by atoms with Gasteiger partial charge in [-0.05, 0) is 31.0 Å². The maximum Gasteiger partial charge on any atom is 0.271 e. The second-order valence-corrected chi connectivity index (χ2v) is 6.62. The van der Waals surface area contributed by atoms with E-state index in [0.717, 1.165) is 5.76 Å². The molecular weight excluding hydrogens is 348 g/mol. The molecule has 0 radical (unpaired) electrons. The number of amides is 1. The van der Waals surface area contributed by atoms with E-state index < -0.39 is 4.92 Å². The summed E-state index contributed by atoms with van der Waals surface area (Å²) in [5, 5.41) is 18.4. The maximum absolute atomic E-state index is 12.7. The van der Waals surface area contributed by atoms with Crippen molar-refractivity contribution in [2.24, 2.45) is 5.92 Å². The van der Waals surface area contributed by atoms with Gasteiger partial charge >= 0.3 is 0 Å². The average Bonchev–Trinajstić information content (AvgIpc) is 3.26. The highest BCUT2D eigenvalue weighted by Gasteiger charge is 2.20. The molecule has 8 nitrogen and oxygen atoms in total. The number of rotatable bonds is 6. The van der Waals surface area contributed by atoms with Crippen LogP contribution in [0.3, 0.4) is 0 Å². The Morgan fingerprint density at radius 2 is 2.07 bits per heavy atom. The third-order valence-electron chi connectivity index (χ3n) is 3.89. The lowest BCUT2D eigenvalue weighted by Crippen LogP contribution is -2.29. The highest BCUT2D eigenvalue weighted by atomic mass is 16.6. The molecule has 0 saturated carbocycles. The first-order chi connectivity index (χ1) is 12.8. The Bertz CT molecular complexity index is 987. The Labute approximate surface area is 156 Å². The van der Waals surface area contributed by atoms with Crippen LogP contribution in [0.4, 0.5) is 5.69 Å². The lowest BCUT2D eigenvalue weighted by molar-refractivity contribution is -0.384. The fourth-order valence-corrected chi connectivity index (χ4v) is 2.56. The van der Waals surface area contributed by atoms with E-state index in [2.05, 4.69) is 10.4 Å². The summed E-state index contributed by atoms with van der Waals surface area (Å²) in [6, 6.07) is 11.2. The first kappa shape index (κ1) is 18.4. The average molecular weight is 368 g/mol. The summed E-state index contributed by atoms with van der Waals surface area (Å²) in [4.78, 5) is 23.3. The van der Waals surface area contributed by atoms with E-state index in [9.17, 15) is 14.9 Å². The summed E-state index contributed by atoms with van der Waals surface area (Å²) in [7, 11) is 0. The fourth-order valence-electron chi connectivity index (χ4n) is 2.56. The van der Waals surface area contributed by atoms with E-state index in [0.29, 0.717) is 23.7 Å². The molecule has 0 saturated heterocycles. The highest BCUT2D eigenvalue weighted by molar-refractivity contribution is 5.94. The standard InChI is InChI=1S/C19H20N4O4/c1-12(2)11-20-19(24)17-10-16(18-8-7-13(3)27-18)21-22(17)14-5-4-6-15(9-14)23(25)26/h4-10,12H,11H2,1-3H3,(H,20,24). The van der Waals surface area contributed by atoms with Gasteiger partial charge in [0.2, 0.25) is 0 Å². The molecule has 2 aromatic heterocycles. The van der Waals surface area contributed by atoms with Crippen LogP contribution in [0.25, 0.3) is 17.1 Å². The molecule has 0 bridgehead atoms. The number of nitrogens with one attached hydrogen (secondary N) is 1. The number of nitro groups is 1. The van der Waals surface area contributed by atoms with Gasteiger partial charge in [0, 0.05) is 24.7 Å². The van der Waals surface area contributed by atoms with Crippen molar-refractivity contribution >= 4 is 11.6 Å². The number of aryl methyl sites for hydroxylation is 1. The molecule has 0 unspecified atom stereocenters. The third-order valence-corrected chi connectivity index (χ3v) is 3.89. The van der Waals surface area contributed by atoms with Crippen molar-refractivity contribution in [2.75, 3.05) is 6.54 Å². The number of hydrogen-bond donors (Lipinski definition) is 1. The largest absolute Gasteiger partial charge is 0.460 e. The van der Waals surface area contributed by atoms with Gasteiger partial charge in [-0.1, -0.05) is 19.9 Å². The van der Waals surface area contributed by atoms with E-state index in [1.54, 1.807) is 30.3 Å². The summed E-state index contributed by atoms with van der Waals surface area (Å²) in [5.41, 5.74) is 1.10. The van der Waals surface area contributed by atoms with Crippen molar-refractivity contribution in [3.63, 3.8) is 0 Å². The zero-order valence-electron chi connectivity index (χ0n) is 15.3. The zero-order valence-corrected chi connectivity index (χ0v) is 15.3. The van der Waals surface area contributed by atoms with Crippen molar-refractivity contribution in [3.05, 3.63) is 64.0 Å². The van der Waals surface area contributed by atoms with Crippen LogP contribution in [-0.4, -0.2) is 27.2 Å². The number of nitrogens with zero attached hydrogens (tertiary/aromatic N) is 3. The van der Waals surface area contributed by atoms with E-state index in [4.69, 9.17) is 4.42 Å². The van der Waals surface area contributed by atoms with Gasteiger partial charge < -0.3 is 9.73 Å². The van der Waals surface area contributed by atoms with Crippen molar-refractivity contribution in [1.29, 1.82) is 0 Å². The SMILES string of the molecule is Cc1ccc(-c2cc(C(=O)NCC(C)C)n(-c3cccc([N+](=O)[O-])c3)n2)o1. The first-order valence-corrected chi connectivity index (χ1v) is 8.55. The Hall–Kier alpha value is -3.42. The maximum atomic E-state index is 12.7. The molecule has 0 aliphatic heterocycles. The van der Waals surface area contributed by atoms with Crippen LogP contribution in [0, 0.1) is 23.0 Å². The summed E-state index contributed by atoms with van der Waals surface area (Å²) < 4.78 is 7.00. The molecule has 2 heterocycles. The molecule has 1 amide bonds. The zero-order chi connectivity index (χ0) is 19.6. The number of nitro benzene ring substituents is 1. The molecule has 27 heavy (non-hydrogen) atoms. The molecule has 0 aliphatic rings. The molecular formula is C19H20N4O4. The lowest BCUT2D eigenvalue weighted by atomic mass is 10.2. The van der Waals surface area contributed by atoms with Gasteiger partial charge in [-0.2, -0.15) is 5.10 Å². The molecule has 0 spiro atoms. The third kappa shape index (κ3) is 4.05. The van der Waals surface area contributed by atoms with Gasteiger partial charge in [0.1, 0.15) is 17.1 Å². The van der Waals surface area contributed by atoms with Crippen LogP contribution >= 0.6 is 0 Å². The Balaban J connectivity index is 2.07. The van der Waals surface area contributed by atoms with Crippen molar-refractivity contribution in [1.82, 2.24) is 15.1 Å². The second kappa shape index (κ2) is 7.45. The number of carbonyl (C=O) groups is 1. The number of carbonyl (C=O) groups excluding carboxylic acids is 1. The first-order valence-electron chi connectivity index (χ1n) is 8.55. The number of non-ortho nitro benzene ring substituents is 1. The minimum atomic E-state index is -0.484. The second-order valence-electron chi connectivity index (χ2n) is 6.62. The van der Waals surface area contributed by atoms with Gasteiger partial charge in [0.05, 0.1) is 10.6 Å². The van der Waals surface area contributed by atoms with Gasteiger partial charge in [-0.25, -0.2) is 4.68 Å². The molecule has 8 heteroatoms. The number of hydrogen-bond acceptors (Lipinski definition) is 5. The van der Waals surface area contributed by atoms with Crippen molar-refractivity contribution in [3.8, 4) is 17.1 Å². The van der Waals surface area contributed by atoms with Crippen LogP contribution in [0.15, 0.2) is 46.9 Å².